The number of ether oxygens (including phenoxy) is 1. The molecule has 0 aliphatic heterocycles. The van der Waals surface area contributed by atoms with Gasteiger partial charge in [-0.1, -0.05) is 24.6 Å². The molecular formula is C16H23OS2. The lowest BCUT2D eigenvalue weighted by atomic mass is 10.0. The van der Waals surface area contributed by atoms with Crippen LogP contribution in [0.25, 0.3) is 0 Å². The molecule has 19 heavy (non-hydrogen) atoms. The highest BCUT2D eigenvalue weighted by atomic mass is 33.1. The molecular weight excluding hydrogens is 272 g/mol. The third-order valence-corrected chi connectivity index (χ3v) is 4.02. The molecule has 3 heteroatoms. The van der Waals surface area contributed by atoms with Gasteiger partial charge >= 0.3 is 0 Å². The van der Waals surface area contributed by atoms with Crippen molar-refractivity contribution in [1.29, 1.82) is 0 Å². The summed E-state index contributed by atoms with van der Waals surface area (Å²) in [4.78, 5) is 1.07. The van der Waals surface area contributed by atoms with Gasteiger partial charge in [0.05, 0.1) is 6.61 Å². The maximum Gasteiger partial charge on any atom is 0.120 e. The van der Waals surface area contributed by atoms with E-state index in [2.05, 4.69) is 26.8 Å². The van der Waals surface area contributed by atoms with Gasteiger partial charge in [0, 0.05) is 4.90 Å². The molecule has 0 N–H and O–H groups in total. The summed E-state index contributed by atoms with van der Waals surface area (Å²) in [7, 11) is 1.33. The van der Waals surface area contributed by atoms with E-state index in [1.165, 1.54) is 29.2 Å². The van der Waals surface area contributed by atoms with Crippen molar-refractivity contribution in [2.75, 3.05) is 6.61 Å². The molecule has 1 aromatic rings. The molecule has 0 amide bonds. The van der Waals surface area contributed by atoms with E-state index >= 15 is 0 Å². The lowest BCUT2D eigenvalue weighted by Gasteiger charge is -2.11. The Labute approximate surface area is 126 Å². The molecule has 1 rings (SSSR count). The van der Waals surface area contributed by atoms with Crippen molar-refractivity contribution < 1.29 is 4.74 Å². The highest BCUT2D eigenvalue weighted by Crippen LogP contribution is 2.25. The molecule has 1 aromatic carbocycles. The van der Waals surface area contributed by atoms with Crippen LogP contribution >= 0.6 is 22.5 Å². The average molecular weight is 295 g/mol. The van der Waals surface area contributed by atoms with Gasteiger partial charge in [0.2, 0.25) is 0 Å². The summed E-state index contributed by atoms with van der Waals surface area (Å²) in [5.74, 6) is 1.62. The van der Waals surface area contributed by atoms with Crippen molar-refractivity contribution >= 4 is 22.5 Å². The zero-order valence-electron chi connectivity index (χ0n) is 12.0. The van der Waals surface area contributed by atoms with Gasteiger partial charge in [-0.2, -0.15) is 0 Å². The number of hydrogen-bond donors (Lipinski definition) is 0. The van der Waals surface area contributed by atoms with Crippen molar-refractivity contribution in [3.05, 3.63) is 35.9 Å². The Morgan fingerprint density at radius 2 is 2.16 bits per heavy atom. The maximum absolute atomic E-state index is 5.77. The number of rotatable bonds is 8. The molecule has 105 valence electrons. The summed E-state index contributed by atoms with van der Waals surface area (Å²) in [6.07, 6.45) is 5.81. The zero-order valence-corrected chi connectivity index (χ0v) is 13.7. The average Bonchev–Trinajstić information content (AvgIpc) is 2.38. The van der Waals surface area contributed by atoms with Crippen LogP contribution in [0.5, 0.6) is 5.75 Å². The molecule has 0 bridgehead atoms. The monoisotopic (exact) mass is 295 g/mol. The van der Waals surface area contributed by atoms with Crippen LogP contribution in [-0.2, 0) is 0 Å². The smallest absolute Gasteiger partial charge is 0.120 e. The molecule has 0 aliphatic carbocycles. The topological polar surface area (TPSA) is 9.23 Å². The van der Waals surface area contributed by atoms with Crippen LogP contribution < -0.4 is 4.74 Å². The summed E-state index contributed by atoms with van der Waals surface area (Å²) in [6, 6.07) is 7.99. The molecule has 1 atom stereocenters. The lowest BCUT2D eigenvalue weighted by Crippen LogP contribution is -2.04. The van der Waals surface area contributed by atoms with E-state index in [0.29, 0.717) is 5.92 Å². The van der Waals surface area contributed by atoms with Crippen LogP contribution in [0.2, 0.25) is 0 Å². The quantitative estimate of drug-likeness (QED) is 0.427. The van der Waals surface area contributed by atoms with Crippen molar-refractivity contribution in [3.8, 4) is 5.75 Å². The summed E-state index contributed by atoms with van der Waals surface area (Å²) in [6.45, 7) is 7.37. The summed E-state index contributed by atoms with van der Waals surface area (Å²) >= 11 is 4.96. The first-order valence-corrected chi connectivity index (χ1v) is 8.52. The molecule has 0 fully saturated rings. The van der Waals surface area contributed by atoms with Crippen LogP contribution in [0.15, 0.2) is 40.8 Å². The van der Waals surface area contributed by atoms with E-state index in [-0.39, 0.29) is 0 Å². The summed E-state index contributed by atoms with van der Waals surface area (Å²) < 4.78 is 5.77. The van der Waals surface area contributed by atoms with Gasteiger partial charge in [0.25, 0.3) is 0 Å². The first kappa shape index (κ1) is 16.5. The second kappa shape index (κ2) is 9.38. The Bertz CT molecular complexity index is 397. The maximum atomic E-state index is 5.77. The Kier molecular flexibility index (Phi) is 8.15. The normalized spacial score (nSPS) is 12.0. The fourth-order valence-corrected chi connectivity index (χ4v) is 2.40. The Hall–Kier alpha value is -0.540. The van der Waals surface area contributed by atoms with E-state index in [1.807, 2.05) is 24.3 Å². The van der Waals surface area contributed by atoms with Gasteiger partial charge in [-0.15, -0.1) is 0 Å². The first-order valence-electron chi connectivity index (χ1n) is 6.78. The van der Waals surface area contributed by atoms with Gasteiger partial charge in [-0.3, -0.25) is 0 Å². The van der Waals surface area contributed by atoms with Crippen LogP contribution in [-0.4, -0.2) is 6.61 Å². The predicted molar refractivity (Wildman–Crippen MR) is 87.8 cm³/mol. The van der Waals surface area contributed by atoms with E-state index < -0.39 is 0 Å². The molecule has 0 heterocycles. The molecule has 0 saturated carbocycles. The third-order valence-electron chi connectivity index (χ3n) is 2.99. The SMILES string of the molecule is CC(C)=CCCC(C)CCOc1cccc(S[S])c1. The van der Waals surface area contributed by atoms with Crippen molar-refractivity contribution in [2.24, 2.45) is 5.92 Å². The number of benzene rings is 1. The molecule has 1 radical (unpaired) electrons. The fourth-order valence-electron chi connectivity index (χ4n) is 1.79. The fraction of sp³-hybridized carbons (Fsp3) is 0.500. The van der Waals surface area contributed by atoms with Crippen molar-refractivity contribution in [3.63, 3.8) is 0 Å². The molecule has 0 saturated heterocycles. The standard InChI is InChI=1S/C16H23OS2/c1-13(2)6-4-7-14(3)10-11-17-15-8-5-9-16(12-15)19-18/h5-6,8-9,12,14H,4,7,10-11H2,1-3H3. The number of allylic oxidation sites excluding steroid dienone is 2. The highest BCUT2D eigenvalue weighted by molar-refractivity contribution is 8.68. The van der Waals surface area contributed by atoms with Crippen LogP contribution in [0.1, 0.15) is 40.0 Å². The van der Waals surface area contributed by atoms with E-state index in [9.17, 15) is 0 Å². The Balaban J connectivity index is 2.23. The molecule has 0 spiro atoms. The minimum absolute atomic E-state index is 0.701. The van der Waals surface area contributed by atoms with Gasteiger partial charge in [0.15, 0.2) is 0 Å². The van der Waals surface area contributed by atoms with Crippen LogP contribution in [0.3, 0.4) is 0 Å². The minimum atomic E-state index is 0.701. The first-order chi connectivity index (χ1) is 9.11. The lowest BCUT2D eigenvalue weighted by molar-refractivity contribution is 0.279. The van der Waals surface area contributed by atoms with Crippen molar-refractivity contribution in [1.82, 2.24) is 0 Å². The molecule has 0 aromatic heterocycles. The Morgan fingerprint density at radius 3 is 2.84 bits per heavy atom. The second-order valence-corrected chi connectivity index (χ2v) is 6.30. The Morgan fingerprint density at radius 1 is 1.37 bits per heavy atom. The van der Waals surface area contributed by atoms with Gasteiger partial charge in [0.1, 0.15) is 5.75 Å². The van der Waals surface area contributed by atoms with Gasteiger partial charge in [-0.25, -0.2) is 0 Å². The molecule has 1 nitrogen and oxygen atoms in total. The van der Waals surface area contributed by atoms with E-state index in [1.54, 1.807) is 0 Å². The van der Waals surface area contributed by atoms with Gasteiger partial charge < -0.3 is 4.74 Å². The van der Waals surface area contributed by atoms with Gasteiger partial charge in [-0.05, 0) is 79.7 Å². The second-order valence-electron chi connectivity index (χ2n) is 5.16. The molecule has 0 aliphatic rings. The largest absolute Gasteiger partial charge is 0.494 e. The van der Waals surface area contributed by atoms with Crippen LogP contribution in [0.4, 0.5) is 0 Å². The summed E-state index contributed by atoms with van der Waals surface area (Å²) in [5, 5.41) is 0. The zero-order chi connectivity index (χ0) is 14.1. The predicted octanol–water partition coefficient (Wildman–Crippen LogP) is 6.04. The van der Waals surface area contributed by atoms with E-state index in [0.717, 1.165) is 23.7 Å². The van der Waals surface area contributed by atoms with E-state index in [4.69, 9.17) is 16.4 Å². The molecule has 1 unspecified atom stereocenters. The van der Waals surface area contributed by atoms with Crippen molar-refractivity contribution in [2.45, 2.75) is 44.9 Å². The van der Waals surface area contributed by atoms with Crippen LogP contribution in [0, 0.1) is 5.92 Å². The third kappa shape index (κ3) is 7.58. The number of hydrogen-bond acceptors (Lipinski definition) is 2. The highest BCUT2D eigenvalue weighted by Gasteiger charge is 2.02. The minimum Gasteiger partial charge on any atom is -0.494 e. The summed E-state index contributed by atoms with van der Waals surface area (Å²) in [5.41, 5.74) is 1.40.